The second-order valence-electron chi connectivity index (χ2n) is 6.54. The van der Waals surface area contributed by atoms with Crippen molar-refractivity contribution < 1.29 is 24.2 Å². The molecule has 136 valence electrons. The summed E-state index contributed by atoms with van der Waals surface area (Å²) < 4.78 is 4.76. The Morgan fingerprint density at radius 2 is 2.04 bits per heavy atom. The van der Waals surface area contributed by atoms with Crippen LogP contribution in [0.2, 0.25) is 0 Å². The summed E-state index contributed by atoms with van der Waals surface area (Å²) in [5, 5.41) is 11.9. The van der Waals surface area contributed by atoms with Crippen LogP contribution in [0.25, 0.3) is 0 Å². The lowest BCUT2D eigenvalue weighted by atomic mass is 9.85. The molecule has 2 fully saturated rings. The van der Waals surface area contributed by atoms with E-state index in [1.807, 2.05) is 11.8 Å². The molecule has 1 atom stereocenters. The van der Waals surface area contributed by atoms with E-state index in [-0.39, 0.29) is 36.5 Å². The van der Waals surface area contributed by atoms with E-state index in [1.165, 1.54) is 7.11 Å². The van der Waals surface area contributed by atoms with Crippen molar-refractivity contribution in [1.82, 2.24) is 15.1 Å². The number of carboxylic acids is 1. The normalized spacial score (nSPS) is 26.6. The van der Waals surface area contributed by atoms with Crippen LogP contribution >= 0.6 is 0 Å². The Bertz CT molecular complexity index is 478. The zero-order valence-electron chi connectivity index (χ0n) is 14.4. The van der Waals surface area contributed by atoms with Crippen LogP contribution in [0.5, 0.6) is 0 Å². The van der Waals surface area contributed by atoms with Crippen LogP contribution in [0.15, 0.2) is 0 Å². The number of methoxy groups -OCH3 is 1. The van der Waals surface area contributed by atoms with E-state index in [9.17, 15) is 14.4 Å². The SMILES string of the molecule is CCN(CC(=O)O)C1CC(NC(=O)N2CCC[C@H](C(=O)OC)C2)C1. The molecule has 2 rings (SSSR count). The smallest absolute Gasteiger partial charge is 0.317 e. The van der Waals surface area contributed by atoms with Crippen LogP contribution in [-0.4, -0.2) is 78.2 Å². The summed E-state index contributed by atoms with van der Waals surface area (Å²) in [7, 11) is 1.37. The zero-order valence-corrected chi connectivity index (χ0v) is 14.4. The first kappa shape index (κ1) is 18.5. The van der Waals surface area contributed by atoms with Gasteiger partial charge in [-0.25, -0.2) is 4.79 Å². The Labute approximate surface area is 142 Å². The molecular weight excluding hydrogens is 314 g/mol. The zero-order chi connectivity index (χ0) is 17.7. The molecule has 0 aromatic heterocycles. The van der Waals surface area contributed by atoms with E-state index >= 15 is 0 Å². The number of ether oxygens (including phenoxy) is 1. The van der Waals surface area contributed by atoms with E-state index in [4.69, 9.17) is 9.84 Å². The number of carboxylic acid groups (broad SMARTS) is 1. The molecule has 1 saturated heterocycles. The standard InChI is InChI=1S/C16H27N3O5/c1-3-18(10-14(20)21)13-7-12(8-13)17-16(23)19-6-4-5-11(9-19)15(22)24-2/h11-13H,3-10H2,1-2H3,(H,17,23)(H,20,21)/t11-,12?,13?/m0/s1. The van der Waals surface area contributed by atoms with Gasteiger partial charge in [0.25, 0.3) is 0 Å². The fourth-order valence-corrected chi connectivity index (χ4v) is 3.46. The molecule has 1 saturated carbocycles. The molecule has 0 spiro atoms. The van der Waals surface area contributed by atoms with Crippen molar-refractivity contribution in [3.63, 3.8) is 0 Å². The third-order valence-electron chi connectivity index (χ3n) is 4.94. The molecule has 1 aliphatic heterocycles. The van der Waals surface area contributed by atoms with Crippen molar-refractivity contribution in [2.24, 2.45) is 5.92 Å². The maximum absolute atomic E-state index is 12.3. The highest BCUT2D eigenvalue weighted by molar-refractivity contribution is 5.77. The van der Waals surface area contributed by atoms with E-state index in [0.29, 0.717) is 19.6 Å². The highest BCUT2D eigenvalue weighted by Gasteiger charge is 2.36. The van der Waals surface area contributed by atoms with Gasteiger partial charge in [0.2, 0.25) is 0 Å². The lowest BCUT2D eigenvalue weighted by molar-refractivity contribution is -0.147. The van der Waals surface area contributed by atoms with Gasteiger partial charge in [0.1, 0.15) is 0 Å². The van der Waals surface area contributed by atoms with Gasteiger partial charge >= 0.3 is 18.0 Å². The van der Waals surface area contributed by atoms with Crippen LogP contribution < -0.4 is 5.32 Å². The lowest BCUT2D eigenvalue weighted by Crippen LogP contribution is -2.57. The summed E-state index contributed by atoms with van der Waals surface area (Å²) in [5.41, 5.74) is 0. The summed E-state index contributed by atoms with van der Waals surface area (Å²) in [5.74, 6) is -1.33. The van der Waals surface area contributed by atoms with E-state index in [1.54, 1.807) is 4.90 Å². The van der Waals surface area contributed by atoms with Gasteiger partial charge in [0, 0.05) is 25.2 Å². The highest BCUT2D eigenvalue weighted by Crippen LogP contribution is 2.26. The second-order valence-corrected chi connectivity index (χ2v) is 6.54. The van der Waals surface area contributed by atoms with E-state index in [0.717, 1.165) is 25.7 Å². The number of carbonyl (C=O) groups is 3. The number of likely N-dealkylation sites (N-methyl/N-ethyl adjacent to an activating group) is 1. The number of nitrogens with one attached hydrogen (secondary N) is 1. The number of urea groups is 1. The number of carbonyl (C=O) groups excluding carboxylic acids is 2. The maximum atomic E-state index is 12.3. The molecule has 0 radical (unpaired) electrons. The Kier molecular flexibility index (Phi) is 6.42. The van der Waals surface area contributed by atoms with Crippen molar-refractivity contribution in [2.45, 2.75) is 44.7 Å². The molecule has 0 aromatic carbocycles. The molecule has 24 heavy (non-hydrogen) atoms. The summed E-state index contributed by atoms with van der Waals surface area (Å²) in [6, 6.07) is 0.137. The van der Waals surface area contributed by atoms with Gasteiger partial charge in [-0.15, -0.1) is 0 Å². The van der Waals surface area contributed by atoms with Gasteiger partial charge in [-0.05, 0) is 32.2 Å². The molecule has 2 aliphatic rings. The van der Waals surface area contributed by atoms with Crippen molar-refractivity contribution in [2.75, 3.05) is 33.3 Å². The largest absolute Gasteiger partial charge is 0.480 e. The fraction of sp³-hybridized carbons (Fsp3) is 0.812. The summed E-state index contributed by atoms with van der Waals surface area (Å²) >= 11 is 0. The number of hydrogen-bond donors (Lipinski definition) is 2. The van der Waals surface area contributed by atoms with Crippen LogP contribution in [0.3, 0.4) is 0 Å². The van der Waals surface area contributed by atoms with Gasteiger partial charge in [-0.3, -0.25) is 14.5 Å². The molecule has 2 N–H and O–H groups in total. The molecule has 0 bridgehead atoms. The number of piperidine rings is 1. The quantitative estimate of drug-likeness (QED) is 0.683. The van der Waals surface area contributed by atoms with Crippen molar-refractivity contribution in [3.05, 3.63) is 0 Å². The van der Waals surface area contributed by atoms with Crippen LogP contribution in [-0.2, 0) is 14.3 Å². The first-order chi connectivity index (χ1) is 11.4. The molecular formula is C16H27N3O5. The number of nitrogens with zero attached hydrogens (tertiary/aromatic N) is 2. The van der Waals surface area contributed by atoms with Gasteiger partial charge in [-0.2, -0.15) is 0 Å². The van der Waals surface area contributed by atoms with Crippen molar-refractivity contribution >= 4 is 18.0 Å². The average Bonchev–Trinajstić information content (AvgIpc) is 2.54. The third-order valence-corrected chi connectivity index (χ3v) is 4.94. The minimum Gasteiger partial charge on any atom is -0.480 e. The van der Waals surface area contributed by atoms with Crippen molar-refractivity contribution in [3.8, 4) is 0 Å². The molecule has 0 aromatic rings. The van der Waals surface area contributed by atoms with Gasteiger partial charge in [-0.1, -0.05) is 6.92 Å². The fourth-order valence-electron chi connectivity index (χ4n) is 3.46. The second kappa shape index (κ2) is 8.32. The summed E-state index contributed by atoms with van der Waals surface area (Å²) in [6.07, 6.45) is 3.08. The van der Waals surface area contributed by atoms with Crippen LogP contribution in [0, 0.1) is 5.92 Å². The molecule has 8 heteroatoms. The monoisotopic (exact) mass is 341 g/mol. The summed E-state index contributed by atoms with van der Waals surface area (Å²) in [4.78, 5) is 38.4. The number of likely N-dealkylation sites (tertiary alicyclic amines) is 1. The molecule has 2 amide bonds. The number of hydrogen-bond acceptors (Lipinski definition) is 5. The third kappa shape index (κ3) is 4.59. The van der Waals surface area contributed by atoms with Crippen LogP contribution in [0.1, 0.15) is 32.6 Å². The average molecular weight is 341 g/mol. The van der Waals surface area contributed by atoms with Gasteiger partial charge in [0.15, 0.2) is 0 Å². The summed E-state index contributed by atoms with van der Waals surface area (Å²) in [6.45, 7) is 3.71. The molecule has 8 nitrogen and oxygen atoms in total. The first-order valence-electron chi connectivity index (χ1n) is 8.53. The van der Waals surface area contributed by atoms with Gasteiger partial charge < -0.3 is 20.1 Å². The Morgan fingerprint density at radius 3 is 2.62 bits per heavy atom. The van der Waals surface area contributed by atoms with Crippen molar-refractivity contribution in [1.29, 1.82) is 0 Å². The minimum absolute atomic E-state index is 0.0365. The number of amides is 2. The maximum Gasteiger partial charge on any atom is 0.317 e. The van der Waals surface area contributed by atoms with Gasteiger partial charge in [0.05, 0.1) is 19.6 Å². The molecule has 1 heterocycles. The minimum atomic E-state index is -0.827. The number of aliphatic carboxylic acids is 1. The Morgan fingerprint density at radius 1 is 1.33 bits per heavy atom. The highest BCUT2D eigenvalue weighted by atomic mass is 16.5. The Balaban J connectivity index is 1.76. The number of esters is 1. The molecule has 1 aliphatic carbocycles. The predicted octanol–water partition coefficient (Wildman–Crippen LogP) is 0.519. The van der Waals surface area contributed by atoms with Crippen LogP contribution in [0.4, 0.5) is 4.79 Å². The van der Waals surface area contributed by atoms with E-state index < -0.39 is 5.97 Å². The topological polar surface area (TPSA) is 99.2 Å². The lowest BCUT2D eigenvalue weighted by Gasteiger charge is -2.43. The first-order valence-corrected chi connectivity index (χ1v) is 8.53. The molecule has 0 unspecified atom stereocenters. The van der Waals surface area contributed by atoms with E-state index in [2.05, 4.69) is 5.32 Å². The predicted molar refractivity (Wildman–Crippen MR) is 86.5 cm³/mol. The number of rotatable bonds is 6. The Hall–Kier alpha value is -1.83.